The molecule has 0 fully saturated rings. The Bertz CT molecular complexity index is 2160. The lowest BCUT2D eigenvalue weighted by atomic mass is 9.74. The maximum absolute atomic E-state index is 6.72. The van der Waals surface area contributed by atoms with Gasteiger partial charge in [-0.3, -0.25) is 0 Å². The lowest BCUT2D eigenvalue weighted by Crippen LogP contribution is -2.21. The Kier molecular flexibility index (Phi) is 5.30. The van der Waals surface area contributed by atoms with Gasteiger partial charge in [0.05, 0.1) is 0 Å². The van der Waals surface area contributed by atoms with Crippen LogP contribution in [0.5, 0.6) is 5.75 Å². The summed E-state index contributed by atoms with van der Waals surface area (Å²) in [7, 11) is 0. The van der Waals surface area contributed by atoms with Gasteiger partial charge < -0.3 is 4.74 Å². The molecule has 0 spiro atoms. The maximum atomic E-state index is 6.72. The van der Waals surface area contributed by atoms with E-state index in [9.17, 15) is 0 Å². The molecule has 1 nitrogen and oxygen atoms in total. The number of rotatable bonds is 3. The van der Waals surface area contributed by atoms with Crippen LogP contribution in [0.15, 0.2) is 133 Å². The van der Waals surface area contributed by atoms with E-state index in [1.54, 1.807) is 0 Å². The minimum absolute atomic E-state index is 0.0329. The van der Waals surface area contributed by atoms with E-state index >= 15 is 0 Å². The SMILES string of the molecule is SC1c2c3c4c(cccc4c4ccc(-c5ccc(-c6ccccc6)cc5)cc24)OC3CC1c1cccc2ccccc12. The van der Waals surface area contributed by atoms with Gasteiger partial charge in [0.1, 0.15) is 11.9 Å². The molecule has 0 radical (unpaired) electrons. The molecule has 0 saturated carbocycles. The van der Waals surface area contributed by atoms with Gasteiger partial charge in [-0.15, -0.1) is 0 Å². The van der Waals surface area contributed by atoms with Gasteiger partial charge in [0.2, 0.25) is 0 Å². The molecule has 1 heterocycles. The highest BCUT2D eigenvalue weighted by molar-refractivity contribution is 7.80. The number of hydrogen-bond donors (Lipinski definition) is 1. The van der Waals surface area contributed by atoms with Crippen LogP contribution < -0.4 is 4.74 Å². The van der Waals surface area contributed by atoms with Crippen LogP contribution in [0.2, 0.25) is 0 Å². The fourth-order valence-corrected chi connectivity index (χ4v) is 8.10. The van der Waals surface area contributed by atoms with E-state index in [0.717, 1.165) is 12.2 Å². The summed E-state index contributed by atoms with van der Waals surface area (Å²) in [5.41, 5.74) is 8.96. The van der Waals surface area contributed by atoms with Crippen molar-refractivity contribution in [3.8, 4) is 28.0 Å². The fourth-order valence-electron chi connectivity index (χ4n) is 7.54. The van der Waals surface area contributed by atoms with Gasteiger partial charge in [0.25, 0.3) is 0 Å². The van der Waals surface area contributed by atoms with Crippen molar-refractivity contribution < 1.29 is 4.74 Å². The molecule has 200 valence electrons. The van der Waals surface area contributed by atoms with Crippen LogP contribution in [0, 0.1) is 0 Å². The topological polar surface area (TPSA) is 9.23 Å². The van der Waals surface area contributed by atoms with Gasteiger partial charge >= 0.3 is 0 Å². The number of thiol groups is 1. The Balaban J connectivity index is 1.24. The lowest BCUT2D eigenvalue weighted by molar-refractivity contribution is 0.191. The molecule has 0 amide bonds. The first kappa shape index (κ1) is 24.1. The molecule has 7 aromatic carbocycles. The standard InChI is InChI=1S/C40H28OS/c42-40-34(30-13-6-11-27-10-4-5-12-29(27)30)23-36-39-37-32(14-7-15-35(37)41-36)31-21-20-28(22-33(31)38(39)40)26-18-16-25(17-19-26)24-8-2-1-3-9-24/h1-22,34,36,40,42H,23H2. The third kappa shape index (κ3) is 3.52. The predicted molar refractivity (Wildman–Crippen MR) is 179 cm³/mol. The minimum Gasteiger partial charge on any atom is -0.485 e. The monoisotopic (exact) mass is 556 g/mol. The Hall–Kier alpha value is -4.53. The van der Waals surface area contributed by atoms with E-state index in [1.165, 1.54) is 71.3 Å². The second-order valence-electron chi connectivity index (χ2n) is 11.7. The molecule has 7 aromatic rings. The van der Waals surface area contributed by atoms with Gasteiger partial charge in [-0.1, -0.05) is 121 Å². The summed E-state index contributed by atoms with van der Waals surface area (Å²) in [5.74, 6) is 1.25. The zero-order valence-corrected chi connectivity index (χ0v) is 23.9. The van der Waals surface area contributed by atoms with Crippen molar-refractivity contribution in [1.82, 2.24) is 0 Å². The van der Waals surface area contributed by atoms with Crippen molar-refractivity contribution in [2.45, 2.75) is 23.7 Å². The maximum Gasteiger partial charge on any atom is 0.128 e. The van der Waals surface area contributed by atoms with Gasteiger partial charge in [0, 0.05) is 22.1 Å². The van der Waals surface area contributed by atoms with Crippen molar-refractivity contribution in [3.05, 3.63) is 150 Å². The van der Waals surface area contributed by atoms with E-state index in [0.29, 0.717) is 0 Å². The first-order valence-electron chi connectivity index (χ1n) is 14.7. The summed E-state index contributed by atoms with van der Waals surface area (Å²) in [6, 6.07) is 48.4. The first-order chi connectivity index (χ1) is 20.7. The second-order valence-corrected chi connectivity index (χ2v) is 12.2. The highest BCUT2D eigenvalue weighted by Crippen LogP contribution is 2.59. The van der Waals surface area contributed by atoms with Crippen LogP contribution >= 0.6 is 12.6 Å². The normalized spacial score (nSPS) is 18.9. The molecule has 3 unspecified atom stereocenters. The highest BCUT2D eigenvalue weighted by Gasteiger charge is 2.42. The smallest absolute Gasteiger partial charge is 0.128 e. The number of hydrogen-bond acceptors (Lipinski definition) is 2. The summed E-state index contributed by atoms with van der Waals surface area (Å²) in [4.78, 5) is 0. The Morgan fingerprint density at radius 1 is 0.524 bits per heavy atom. The van der Waals surface area contributed by atoms with E-state index < -0.39 is 0 Å². The van der Waals surface area contributed by atoms with Crippen LogP contribution in [0.3, 0.4) is 0 Å². The highest BCUT2D eigenvalue weighted by atomic mass is 32.1. The quantitative estimate of drug-likeness (QED) is 0.168. The van der Waals surface area contributed by atoms with Gasteiger partial charge in [0.15, 0.2) is 0 Å². The summed E-state index contributed by atoms with van der Waals surface area (Å²) < 4.78 is 6.72. The van der Waals surface area contributed by atoms with Crippen LogP contribution in [0.4, 0.5) is 0 Å². The molecule has 0 bridgehead atoms. The zero-order chi connectivity index (χ0) is 27.8. The Morgan fingerprint density at radius 2 is 1.19 bits per heavy atom. The van der Waals surface area contributed by atoms with Gasteiger partial charge in [-0.05, 0) is 78.9 Å². The zero-order valence-electron chi connectivity index (χ0n) is 23.0. The fraction of sp³-hybridized carbons (Fsp3) is 0.100. The molecular formula is C40H28OS. The predicted octanol–water partition coefficient (Wildman–Crippen LogP) is 11.1. The first-order valence-corrected chi connectivity index (χ1v) is 15.3. The Morgan fingerprint density at radius 3 is 2.05 bits per heavy atom. The van der Waals surface area contributed by atoms with Crippen LogP contribution in [-0.2, 0) is 0 Å². The van der Waals surface area contributed by atoms with E-state index in [-0.39, 0.29) is 17.3 Å². The van der Waals surface area contributed by atoms with E-state index in [2.05, 4.69) is 133 Å². The number of fused-ring (bicyclic) bond motifs is 4. The summed E-state index contributed by atoms with van der Waals surface area (Å²) >= 11 is 5.46. The number of benzene rings is 7. The van der Waals surface area contributed by atoms with Gasteiger partial charge in [-0.25, -0.2) is 0 Å². The third-order valence-corrected chi connectivity index (χ3v) is 10.1. The summed E-state index contributed by atoms with van der Waals surface area (Å²) in [5, 5.41) is 7.77. The molecule has 2 aliphatic rings. The molecule has 2 heteroatoms. The molecule has 1 aliphatic carbocycles. The molecule has 3 atom stereocenters. The average molecular weight is 557 g/mol. The van der Waals surface area contributed by atoms with Crippen LogP contribution in [0.25, 0.3) is 54.6 Å². The van der Waals surface area contributed by atoms with Crippen molar-refractivity contribution in [2.75, 3.05) is 0 Å². The van der Waals surface area contributed by atoms with Crippen molar-refractivity contribution in [1.29, 1.82) is 0 Å². The molecule has 1 aliphatic heterocycles. The van der Waals surface area contributed by atoms with E-state index in [4.69, 9.17) is 17.4 Å². The largest absolute Gasteiger partial charge is 0.485 e. The van der Waals surface area contributed by atoms with Crippen LogP contribution in [0.1, 0.15) is 40.4 Å². The van der Waals surface area contributed by atoms with Crippen LogP contribution in [-0.4, -0.2) is 0 Å². The molecule has 9 rings (SSSR count). The van der Waals surface area contributed by atoms with E-state index in [1.807, 2.05) is 0 Å². The lowest BCUT2D eigenvalue weighted by Gasteiger charge is -2.35. The number of ether oxygens (including phenoxy) is 1. The van der Waals surface area contributed by atoms with Crippen molar-refractivity contribution in [2.24, 2.45) is 0 Å². The molecule has 0 aromatic heterocycles. The Labute approximate surface area is 250 Å². The molecular weight excluding hydrogens is 529 g/mol. The second kappa shape index (κ2) is 9.24. The summed E-state index contributed by atoms with van der Waals surface area (Å²) in [6.45, 7) is 0. The summed E-state index contributed by atoms with van der Waals surface area (Å²) in [6.07, 6.45) is 0.955. The van der Waals surface area contributed by atoms with Crippen molar-refractivity contribution >= 4 is 44.9 Å². The third-order valence-electron chi connectivity index (χ3n) is 9.47. The van der Waals surface area contributed by atoms with Crippen molar-refractivity contribution in [3.63, 3.8) is 0 Å². The molecule has 42 heavy (non-hydrogen) atoms. The molecule has 0 N–H and O–H groups in total. The van der Waals surface area contributed by atoms with Gasteiger partial charge in [-0.2, -0.15) is 12.6 Å². The average Bonchev–Trinajstić information content (AvgIpc) is 3.43. The molecule has 0 saturated heterocycles. The minimum atomic E-state index is 0.0329.